The average Bonchev–Trinajstić information content (AvgIpc) is 2.70. The third-order valence-electron chi connectivity index (χ3n) is 4.61. The van der Waals surface area contributed by atoms with Crippen molar-refractivity contribution in [3.8, 4) is 16.9 Å². The summed E-state index contributed by atoms with van der Waals surface area (Å²) in [4.78, 5) is 24.1. The summed E-state index contributed by atoms with van der Waals surface area (Å²) in [5, 5.41) is 13.3. The molecule has 2 heterocycles. The third kappa shape index (κ3) is 8.93. The summed E-state index contributed by atoms with van der Waals surface area (Å²) < 4.78 is 37.6. The highest BCUT2D eigenvalue weighted by Gasteiger charge is 2.38. The Kier molecular flexibility index (Phi) is 9.45. The van der Waals surface area contributed by atoms with Crippen LogP contribution in [0.4, 0.5) is 13.2 Å². The van der Waals surface area contributed by atoms with Crippen LogP contribution >= 0.6 is 0 Å². The molecule has 0 spiro atoms. The zero-order chi connectivity index (χ0) is 23.6. The maximum atomic E-state index is 10.9. The molecule has 1 amide bonds. The van der Waals surface area contributed by atoms with Gasteiger partial charge in [-0.05, 0) is 43.0 Å². The molecule has 0 bridgehead atoms. The van der Waals surface area contributed by atoms with E-state index in [1.54, 1.807) is 13.1 Å². The minimum atomic E-state index is -5.08. The Balaban J connectivity index is 0.000000451. The average molecular weight is 453 g/mol. The van der Waals surface area contributed by atoms with Crippen molar-refractivity contribution in [2.45, 2.75) is 38.4 Å². The minimum Gasteiger partial charge on any atom is -0.490 e. The molecule has 0 saturated carbocycles. The fourth-order valence-corrected chi connectivity index (χ4v) is 2.81. The SMILES string of the molecule is CC(=O)NCCCc1cccc(-c2cncc(OC[C@@H]3CCN3)c2)c1.O=C(O)C(F)(F)F. The molecule has 1 atom stereocenters. The number of halogens is 3. The number of pyridine rings is 1. The second kappa shape index (κ2) is 12.0. The van der Waals surface area contributed by atoms with Gasteiger partial charge in [0.15, 0.2) is 0 Å². The van der Waals surface area contributed by atoms with E-state index in [0.29, 0.717) is 19.2 Å². The zero-order valence-electron chi connectivity index (χ0n) is 17.6. The van der Waals surface area contributed by atoms with Gasteiger partial charge in [0.05, 0.1) is 6.20 Å². The van der Waals surface area contributed by atoms with Gasteiger partial charge < -0.3 is 20.5 Å². The van der Waals surface area contributed by atoms with Crippen LogP contribution in [0, 0.1) is 0 Å². The van der Waals surface area contributed by atoms with E-state index in [0.717, 1.165) is 36.3 Å². The van der Waals surface area contributed by atoms with Gasteiger partial charge in [-0.3, -0.25) is 9.78 Å². The molecular weight excluding hydrogens is 427 g/mol. The molecule has 1 aliphatic rings. The quantitative estimate of drug-likeness (QED) is 0.531. The first-order valence-electron chi connectivity index (χ1n) is 10.1. The summed E-state index contributed by atoms with van der Waals surface area (Å²) in [5.74, 6) is -1.93. The number of nitrogens with one attached hydrogen (secondary N) is 2. The van der Waals surface area contributed by atoms with E-state index in [1.165, 1.54) is 12.0 Å². The number of carboxylic acids is 1. The van der Waals surface area contributed by atoms with Gasteiger partial charge in [0.2, 0.25) is 5.91 Å². The molecule has 0 aliphatic carbocycles. The molecule has 2 aromatic rings. The lowest BCUT2D eigenvalue weighted by Crippen LogP contribution is -2.46. The lowest BCUT2D eigenvalue weighted by molar-refractivity contribution is -0.192. The van der Waals surface area contributed by atoms with Crippen LogP contribution < -0.4 is 15.4 Å². The summed E-state index contributed by atoms with van der Waals surface area (Å²) in [6.45, 7) is 4.03. The number of hydrogen-bond donors (Lipinski definition) is 3. The number of benzene rings is 1. The van der Waals surface area contributed by atoms with Crippen molar-refractivity contribution in [2.24, 2.45) is 0 Å². The number of hydrogen-bond acceptors (Lipinski definition) is 5. The number of ether oxygens (including phenoxy) is 1. The number of rotatable bonds is 8. The Morgan fingerprint density at radius 2 is 1.97 bits per heavy atom. The Morgan fingerprint density at radius 1 is 1.25 bits per heavy atom. The minimum absolute atomic E-state index is 0.0220. The second-order valence-corrected chi connectivity index (χ2v) is 7.25. The van der Waals surface area contributed by atoms with E-state index in [9.17, 15) is 18.0 Å². The zero-order valence-corrected chi connectivity index (χ0v) is 17.6. The van der Waals surface area contributed by atoms with Crippen LogP contribution in [0.15, 0.2) is 42.7 Å². The molecule has 0 unspecified atom stereocenters. The predicted octanol–water partition coefficient (Wildman–Crippen LogP) is 3.19. The molecule has 3 rings (SSSR count). The van der Waals surface area contributed by atoms with Crippen molar-refractivity contribution < 1.29 is 32.6 Å². The van der Waals surface area contributed by atoms with Gasteiger partial charge >= 0.3 is 12.1 Å². The first-order valence-corrected chi connectivity index (χ1v) is 10.1. The molecule has 10 heteroatoms. The fraction of sp³-hybridized carbons (Fsp3) is 0.409. The van der Waals surface area contributed by atoms with Gasteiger partial charge in [-0.1, -0.05) is 24.3 Å². The lowest BCUT2D eigenvalue weighted by Gasteiger charge is -2.27. The fourth-order valence-electron chi connectivity index (χ4n) is 2.81. The Hall–Kier alpha value is -3.14. The molecule has 3 N–H and O–H groups in total. The molecule has 174 valence electrons. The van der Waals surface area contributed by atoms with E-state index in [1.807, 2.05) is 12.3 Å². The normalized spacial score (nSPS) is 15.1. The summed E-state index contributed by atoms with van der Waals surface area (Å²) in [5.41, 5.74) is 3.45. The highest BCUT2D eigenvalue weighted by molar-refractivity contribution is 5.73. The van der Waals surface area contributed by atoms with Crippen molar-refractivity contribution in [2.75, 3.05) is 19.7 Å². The largest absolute Gasteiger partial charge is 0.490 e. The second-order valence-electron chi connectivity index (χ2n) is 7.25. The third-order valence-corrected chi connectivity index (χ3v) is 4.61. The van der Waals surface area contributed by atoms with Gasteiger partial charge in [0.1, 0.15) is 12.4 Å². The van der Waals surface area contributed by atoms with E-state index in [2.05, 4.69) is 39.9 Å². The van der Waals surface area contributed by atoms with Crippen LogP contribution in [0.25, 0.3) is 11.1 Å². The number of alkyl halides is 3. The van der Waals surface area contributed by atoms with E-state index >= 15 is 0 Å². The Morgan fingerprint density at radius 3 is 2.56 bits per heavy atom. The van der Waals surface area contributed by atoms with Gasteiger partial charge in [-0.25, -0.2) is 4.79 Å². The van der Waals surface area contributed by atoms with Gasteiger partial charge in [0.25, 0.3) is 0 Å². The molecule has 1 aromatic carbocycles. The molecule has 1 saturated heterocycles. The van der Waals surface area contributed by atoms with Crippen LogP contribution in [-0.2, 0) is 16.0 Å². The van der Waals surface area contributed by atoms with Gasteiger partial charge in [-0.2, -0.15) is 13.2 Å². The van der Waals surface area contributed by atoms with E-state index < -0.39 is 12.1 Å². The van der Waals surface area contributed by atoms with Crippen molar-refractivity contribution in [3.05, 3.63) is 48.3 Å². The van der Waals surface area contributed by atoms with E-state index in [-0.39, 0.29) is 5.91 Å². The first kappa shape index (κ1) is 25.1. The number of aryl methyl sites for hydroxylation is 1. The predicted molar refractivity (Wildman–Crippen MR) is 112 cm³/mol. The van der Waals surface area contributed by atoms with E-state index in [4.69, 9.17) is 14.6 Å². The monoisotopic (exact) mass is 453 g/mol. The number of carbonyl (C=O) groups is 2. The van der Waals surface area contributed by atoms with Crippen LogP contribution in [0.2, 0.25) is 0 Å². The number of carboxylic acid groups (broad SMARTS) is 1. The van der Waals surface area contributed by atoms with Gasteiger partial charge in [0, 0.05) is 31.3 Å². The van der Waals surface area contributed by atoms with Crippen LogP contribution in [0.5, 0.6) is 5.75 Å². The van der Waals surface area contributed by atoms with Gasteiger partial charge in [-0.15, -0.1) is 0 Å². The number of nitrogens with zero attached hydrogens (tertiary/aromatic N) is 1. The lowest BCUT2D eigenvalue weighted by atomic mass is 10.0. The number of carbonyl (C=O) groups excluding carboxylic acids is 1. The van der Waals surface area contributed by atoms with Crippen molar-refractivity contribution >= 4 is 11.9 Å². The summed E-state index contributed by atoms with van der Waals surface area (Å²) in [6, 6.07) is 11.0. The molecule has 1 aromatic heterocycles. The highest BCUT2D eigenvalue weighted by Crippen LogP contribution is 2.24. The number of aromatic nitrogens is 1. The van der Waals surface area contributed by atoms with Crippen LogP contribution in [0.3, 0.4) is 0 Å². The standard InChI is InChI=1S/C20H25N3O2.C2HF3O2/c1-15(24)22-8-3-5-16-4-2-6-17(10-16)18-11-20(13-21-12-18)25-14-19-7-9-23-19;3-2(4,5)1(6)7/h2,4,6,10-13,19,23H,3,5,7-9,14H2,1H3,(H,22,24);(H,6,7)/t19-;/m0./s1. The Bertz CT molecular complexity index is 902. The van der Waals surface area contributed by atoms with Crippen LogP contribution in [-0.4, -0.2) is 53.9 Å². The molecule has 32 heavy (non-hydrogen) atoms. The molecule has 7 nitrogen and oxygen atoms in total. The molecule has 0 radical (unpaired) electrons. The van der Waals surface area contributed by atoms with Crippen LogP contribution in [0.1, 0.15) is 25.3 Å². The molecular formula is C22H26F3N3O4. The van der Waals surface area contributed by atoms with Crippen molar-refractivity contribution in [1.82, 2.24) is 15.6 Å². The Labute approximate surface area is 184 Å². The van der Waals surface area contributed by atoms with Crippen molar-refractivity contribution in [1.29, 1.82) is 0 Å². The maximum Gasteiger partial charge on any atom is 0.490 e. The smallest absolute Gasteiger partial charge is 0.490 e. The number of aliphatic carboxylic acids is 1. The molecule has 1 fully saturated rings. The summed E-state index contributed by atoms with van der Waals surface area (Å²) in [6.07, 6.45) is 1.59. The summed E-state index contributed by atoms with van der Waals surface area (Å²) >= 11 is 0. The topological polar surface area (TPSA) is 101 Å². The highest BCUT2D eigenvalue weighted by atomic mass is 19.4. The van der Waals surface area contributed by atoms with Crippen molar-refractivity contribution in [3.63, 3.8) is 0 Å². The first-order chi connectivity index (χ1) is 15.1. The summed E-state index contributed by atoms with van der Waals surface area (Å²) in [7, 11) is 0. The number of amides is 1. The maximum absolute atomic E-state index is 10.9. The molecule has 1 aliphatic heterocycles.